The highest BCUT2D eigenvalue weighted by Crippen LogP contribution is 2.29. The third kappa shape index (κ3) is 29.4. The molecule has 0 spiro atoms. The number of unbranched alkanes of at least 4 members (excludes halogenated alkanes) is 1. The van der Waals surface area contributed by atoms with Crippen molar-refractivity contribution in [2.75, 3.05) is 136 Å². The number of hydrogen-bond donors (Lipinski definition) is 10. The molecule has 0 radical (unpaired) electrons. The SMILES string of the molecule is CCCCNC(=O)/N=C/C(CSCc1cc(CSCCC(=O)O)cc(CN2CCN(C(=O)CN3CCN(CC(=O)O)CCN(CC(=O)O)CCN(CC(=O)O)CC3)CC2)c1)C(=O)N1CCC[C@H]1C(=O)N1CCC[C@H]1C(=O)N[C@@H](CC)C(=O)N[C@@H](CCC(N)=O)C(=O)N[C@@H](Cc1ccccc1)C(N)=O. The van der Waals surface area contributed by atoms with Crippen LogP contribution in [0.15, 0.2) is 53.5 Å². The van der Waals surface area contributed by atoms with Crippen LogP contribution in [-0.2, 0) is 82.0 Å². The second kappa shape index (κ2) is 43.7. The van der Waals surface area contributed by atoms with Gasteiger partial charge in [-0.05, 0) is 67.2 Å². The average Bonchev–Trinajstić information content (AvgIpc) is 1.68. The lowest BCUT2D eigenvalue weighted by Crippen LogP contribution is -2.58. The van der Waals surface area contributed by atoms with Crippen LogP contribution in [-0.4, -0.2) is 309 Å². The molecule has 34 heteroatoms. The van der Waals surface area contributed by atoms with Crippen LogP contribution in [0.5, 0.6) is 0 Å². The van der Waals surface area contributed by atoms with Crippen molar-refractivity contribution in [1.29, 1.82) is 0 Å². The van der Waals surface area contributed by atoms with Gasteiger partial charge < -0.3 is 67.9 Å². The highest BCUT2D eigenvalue weighted by Gasteiger charge is 2.44. The Morgan fingerprint density at radius 2 is 1.10 bits per heavy atom. The number of nitrogens with two attached hydrogens (primary N) is 2. The van der Waals surface area contributed by atoms with E-state index in [1.807, 2.05) is 17.9 Å². The number of carbonyl (C=O) groups is 13. The standard InChI is InChI=1S/C69H103N15O17S2/c1-3-5-18-72-69(101)73-38-51(67(99)84-20-10-14-56(84)68(100)83-19-9-13-55(83)66(98)74-52(4-2)64(96)75-53(15-16-57(70)85)65(97)76-54(63(71)95)37-47-11-7-6-8-12-47)46-103-45-50-35-48(34-49(36-50)44-102-33-17-59(87)88)39-77-29-31-82(32-30-77)58(86)40-78-21-23-79(41-60(89)90)25-27-81(43-62(93)94)28-26-80(24-22-78)42-61(91)92/h6-8,11-12,34-36,38,51-56H,3-5,9-10,13-33,37,39-46H2,1-2H3,(H2,70,85)(H2,71,95)(H,72,101)(H,74,98)(H,75,96)(H,76,97)(H,87,88)(H,89,90)(H,91,92)(H,93,94)/b73-38+/t51?,52-,53-,54-,55-,56-/m0/s1. The number of carboxylic acids is 4. The van der Waals surface area contributed by atoms with Crippen molar-refractivity contribution in [2.24, 2.45) is 22.4 Å². The molecule has 4 saturated heterocycles. The number of aliphatic carboxylic acids is 4. The van der Waals surface area contributed by atoms with Crippen LogP contribution in [0.25, 0.3) is 0 Å². The number of likely N-dealkylation sites (tertiary alicyclic amines) is 2. The van der Waals surface area contributed by atoms with Crippen LogP contribution in [0.1, 0.15) is 100 Å². The summed E-state index contributed by atoms with van der Waals surface area (Å²) >= 11 is 2.90. The summed E-state index contributed by atoms with van der Waals surface area (Å²) in [6, 6.07) is 8.61. The van der Waals surface area contributed by atoms with Gasteiger partial charge in [0.25, 0.3) is 0 Å². The summed E-state index contributed by atoms with van der Waals surface area (Å²) in [5.41, 5.74) is 14.6. The van der Waals surface area contributed by atoms with Gasteiger partial charge in [-0.2, -0.15) is 23.5 Å². The third-order valence-corrected chi connectivity index (χ3v) is 20.5. The molecule has 6 atom stereocenters. The van der Waals surface area contributed by atoms with Crippen molar-refractivity contribution in [3.63, 3.8) is 0 Å². The molecule has 6 rings (SSSR count). The number of benzene rings is 2. The fraction of sp³-hybridized carbons (Fsp3) is 0.623. The van der Waals surface area contributed by atoms with E-state index in [0.717, 1.165) is 23.1 Å². The number of aliphatic imine (C=N–C) groups is 1. The van der Waals surface area contributed by atoms with Crippen LogP contribution in [0, 0.1) is 5.92 Å². The third-order valence-electron chi connectivity index (χ3n) is 18.4. The Labute approximate surface area is 609 Å². The van der Waals surface area contributed by atoms with Gasteiger partial charge in [0.05, 0.1) is 38.5 Å². The van der Waals surface area contributed by atoms with Gasteiger partial charge in [0.2, 0.25) is 47.3 Å². The van der Waals surface area contributed by atoms with E-state index in [4.69, 9.17) is 11.5 Å². The molecule has 568 valence electrons. The zero-order chi connectivity index (χ0) is 75.0. The normalized spacial score (nSPS) is 18.9. The molecule has 32 nitrogen and oxygen atoms in total. The Morgan fingerprint density at radius 3 is 1.64 bits per heavy atom. The Hall–Kier alpha value is -8.28. The summed E-state index contributed by atoms with van der Waals surface area (Å²) in [7, 11) is 0. The Balaban J connectivity index is 1.11. The number of rotatable bonds is 38. The van der Waals surface area contributed by atoms with Gasteiger partial charge in [0, 0.05) is 147 Å². The molecule has 4 aliphatic rings. The first kappa shape index (κ1) is 83.7. The van der Waals surface area contributed by atoms with Crippen molar-refractivity contribution in [1.82, 2.24) is 60.5 Å². The van der Waals surface area contributed by atoms with Gasteiger partial charge in [-0.1, -0.05) is 68.8 Å². The molecule has 12 N–H and O–H groups in total. The summed E-state index contributed by atoms with van der Waals surface area (Å²) in [4.78, 5) is 188. The summed E-state index contributed by atoms with van der Waals surface area (Å²) in [5, 5.41) is 49.0. The Morgan fingerprint density at radius 1 is 0.573 bits per heavy atom. The lowest BCUT2D eigenvalue weighted by Gasteiger charge is -2.37. The number of nitrogens with zero attached hydrogens (tertiary/aromatic N) is 9. The van der Waals surface area contributed by atoms with Gasteiger partial charge in [0.1, 0.15) is 30.2 Å². The van der Waals surface area contributed by atoms with E-state index in [9.17, 15) is 82.8 Å². The number of carbonyl (C=O) groups excluding carboxylic acids is 9. The maximum Gasteiger partial charge on any atom is 0.340 e. The number of amides is 10. The molecule has 10 amide bonds. The minimum atomic E-state index is -1.36. The lowest BCUT2D eigenvalue weighted by atomic mass is 10.0. The molecular weight excluding hydrogens is 1370 g/mol. The topological polar surface area (TPSA) is 441 Å². The van der Waals surface area contributed by atoms with Crippen LogP contribution in [0.4, 0.5) is 4.79 Å². The van der Waals surface area contributed by atoms with E-state index in [1.54, 1.807) is 56.9 Å². The van der Waals surface area contributed by atoms with Crippen LogP contribution in [0.2, 0.25) is 0 Å². The first-order chi connectivity index (χ1) is 49.3. The quantitative estimate of drug-likeness (QED) is 0.0307. The molecule has 0 bridgehead atoms. The zero-order valence-electron chi connectivity index (χ0n) is 59.0. The molecule has 0 saturated carbocycles. The first-order valence-electron chi connectivity index (χ1n) is 35.3. The van der Waals surface area contributed by atoms with E-state index in [1.165, 1.54) is 39.5 Å². The molecular formula is C69H103N15O17S2. The molecule has 1 unspecified atom stereocenters. The van der Waals surface area contributed by atoms with E-state index in [0.29, 0.717) is 94.4 Å². The first-order valence-corrected chi connectivity index (χ1v) is 37.6. The Bertz CT molecular complexity index is 3230. The van der Waals surface area contributed by atoms with Crippen molar-refractivity contribution >= 4 is 107 Å². The van der Waals surface area contributed by atoms with Crippen molar-refractivity contribution in [3.8, 4) is 0 Å². The fourth-order valence-corrected chi connectivity index (χ4v) is 14.7. The summed E-state index contributed by atoms with van der Waals surface area (Å²) in [5.74, 6) is -8.42. The highest BCUT2D eigenvalue weighted by atomic mass is 32.2. The number of hydrogen-bond acceptors (Lipinski definition) is 20. The van der Waals surface area contributed by atoms with E-state index < -0.39 is 107 Å². The minimum absolute atomic E-state index is 0.0121. The van der Waals surface area contributed by atoms with Gasteiger partial charge >= 0.3 is 29.9 Å². The average molecular weight is 1480 g/mol. The highest BCUT2D eigenvalue weighted by molar-refractivity contribution is 7.98. The number of primary amides is 2. The zero-order valence-corrected chi connectivity index (χ0v) is 60.6. The summed E-state index contributed by atoms with van der Waals surface area (Å²) < 4.78 is 0. The molecule has 103 heavy (non-hydrogen) atoms. The van der Waals surface area contributed by atoms with E-state index >= 15 is 0 Å². The minimum Gasteiger partial charge on any atom is -0.481 e. The summed E-state index contributed by atoms with van der Waals surface area (Å²) in [6.07, 6.45) is 3.84. The van der Waals surface area contributed by atoms with E-state index in [-0.39, 0.29) is 135 Å². The number of carboxylic acid groups (broad SMARTS) is 4. The molecule has 0 aromatic heterocycles. The number of urea groups is 1. The van der Waals surface area contributed by atoms with Gasteiger partial charge in [-0.25, -0.2) is 9.79 Å². The number of piperazine rings is 1. The van der Waals surface area contributed by atoms with E-state index in [2.05, 4.69) is 43.3 Å². The second-order valence-electron chi connectivity index (χ2n) is 26.4. The molecule has 4 aliphatic heterocycles. The van der Waals surface area contributed by atoms with Crippen LogP contribution in [0.3, 0.4) is 0 Å². The monoisotopic (exact) mass is 1480 g/mol. The maximum absolute atomic E-state index is 14.9. The smallest absolute Gasteiger partial charge is 0.340 e. The Kier molecular flexibility index (Phi) is 35.5. The predicted molar refractivity (Wildman–Crippen MR) is 385 cm³/mol. The van der Waals surface area contributed by atoms with Crippen molar-refractivity contribution < 1.29 is 82.8 Å². The van der Waals surface area contributed by atoms with Crippen molar-refractivity contribution in [2.45, 2.75) is 133 Å². The predicted octanol–water partition coefficient (Wildman–Crippen LogP) is -0.216. The maximum atomic E-state index is 14.9. The lowest BCUT2D eigenvalue weighted by molar-refractivity contribution is -0.147. The van der Waals surface area contributed by atoms with Gasteiger partial charge in [-0.15, -0.1) is 0 Å². The van der Waals surface area contributed by atoms with Crippen molar-refractivity contribution in [3.05, 3.63) is 70.8 Å². The molecule has 4 fully saturated rings. The molecule has 4 heterocycles. The largest absolute Gasteiger partial charge is 0.481 e. The second-order valence-corrected chi connectivity index (χ2v) is 28.5. The fourth-order valence-electron chi connectivity index (χ4n) is 12.8. The number of thioether (sulfide) groups is 2. The van der Waals surface area contributed by atoms with Gasteiger partial charge in [0.15, 0.2) is 0 Å². The summed E-state index contributed by atoms with van der Waals surface area (Å²) in [6.45, 7) is 8.07. The molecule has 2 aromatic carbocycles. The molecule has 2 aromatic rings. The van der Waals surface area contributed by atoms with Crippen LogP contribution < -0.4 is 32.7 Å². The van der Waals surface area contributed by atoms with Crippen LogP contribution >= 0.6 is 23.5 Å². The molecule has 0 aliphatic carbocycles. The number of nitrogens with one attached hydrogen (secondary N) is 4. The van der Waals surface area contributed by atoms with Gasteiger partial charge in [-0.3, -0.25) is 82.0 Å².